The Morgan fingerprint density at radius 2 is 1.45 bits per heavy atom. The summed E-state index contributed by atoms with van der Waals surface area (Å²) in [4.78, 5) is 39.2. The Balaban J connectivity index is 1.49. The molecule has 0 N–H and O–H groups in total. The van der Waals surface area contributed by atoms with Gasteiger partial charge in [-0.1, -0.05) is 60.1 Å². The van der Waals surface area contributed by atoms with Crippen LogP contribution in [0, 0.1) is 0 Å². The van der Waals surface area contributed by atoms with Crippen molar-refractivity contribution in [2.75, 3.05) is 6.54 Å². The molecule has 3 aromatic rings. The quantitative estimate of drug-likeness (QED) is 0.439. The normalized spacial score (nSPS) is 12.9. The molecule has 29 heavy (non-hydrogen) atoms. The minimum Gasteiger partial charge on any atom is -0.289 e. The van der Waals surface area contributed by atoms with Crippen molar-refractivity contribution in [3.8, 4) is 0 Å². The summed E-state index contributed by atoms with van der Waals surface area (Å²) in [5.74, 6) is -0.617. The zero-order valence-corrected chi connectivity index (χ0v) is 16.4. The lowest BCUT2D eigenvalue weighted by Gasteiger charge is -2.15. The number of carbonyl (C=O) groups is 3. The lowest BCUT2D eigenvalue weighted by atomic mass is 9.95. The van der Waals surface area contributed by atoms with E-state index in [0.717, 1.165) is 5.56 Å². The molecule has 0 aliphatic carbocycles. The predicted octanol–water partition coefficient (Wildman–Crippen LogP) is 4.80. The number of amides is 2. The number of carbonyl (C=O) groups excluding carboxylic acids is 3. The number of aryl methyl sites for hydroxylation is 1. The molecule has 0 saturated heterocycles. The standard InChI is InChI=1S/C24H18ClNO3/c25-18-13-12-16(21(15-18)22(27)17-7-2-1-3-8-17)9-6-14-26-23(28)19-10-4-5-11-20(19)24(26)29/h1-5,7-8,10-13,15H,6,9,14H2. The Morgan fingerprint density at radius 3 is 2.10 bits per heavy atom. The van der Waals surface area contributed by atoms with Gasteiger partial charge in [-0.3, -0.25) is 19.3 Å². The maximum Gasteiger partial charge on any atom is 0.261 e. The van der Waals surface area contributed by atoms with Gasteiger partial charge in [0.15, 0.2) is 5.78 Å². The van der Waals surface area contributed by atoms with Crippen molar-refractivity contribution in [3.63, 3.8) is 0 Å². The van der Waals surface area contributed by atoms with Crippen molar-refractivity contribution in [3.05, 3.63) is 106 Å². The van der Waals surface area contributed by atoms with Gasteiger partial charge in [-0.2, -0.15) is 0 Å². The first kappa shape index (κ1) is 19.1. The molecule has 0 bridgehead atoms. The zero-order chi connectivity index (χ0) is 20.4. The topological polar surface area (TPSA) is 54.5 Å². The van der Waals surface area contributed by atoms with Gasteiger partial charge < -0.3 is 0 Å². The van der Waals surface area contributed by atoms with Crippen molar-refractivity contribution in [1.82, 2.24) is 4.90 Å². The summed E-state index contributed by atoms with van der Waals surface area (Å²) in [5.41, 5.74) is 2.88. The molecule has 1 heterocycles. The molecule has 144 valence electrons. The molecule has 0 fully saturated rings. The van der Waals surface area contributed by atoms with Crippen LogP contribution in [0.15, 0.2) is 72.8 Å². The smallest absolute Gasteiger partial charge is 0.261 e. The van der Waals surface area contributed by atoms with E-state index in [4.69, 9.17) is 11.6 Å². The van der Waals surface area contributed by atoms with E-state index in [1.54, 1.807) is 48.5 Å². The van der Waals surface area contributed by atoms with E-state index in [0.29, 0.717) is 46.7 Å². The van der Waals surface area contributed by atoms with Crippen molar-refractivity contribution in [1.29, 1.82) is 0 Å². The van der Waals surface area contributed by atoms with Gasteiger partial charge in [-0.05, 0) is 42.7 Å². The Morgan fingerprint density at radius 1 is 0.828 bits per heavy atom. The van der Waals surface area contributed by atoms with E-state index < -0.39 is 0 Å². The summed E-state index contributed by atoms with van der Waals surface area (Å²) in [6, 6.07) is 21.1. The molecule has 0 saturated carbocycles. The number of halogens is 1. The second kappa shape index (κ2) is 8.02. The van der Waals surface area contributed by atoms with Crippen LogP contribution in [0.3, 0.4) is 0 Å². The molecule has 3 aromatic carbocycles. The molecule has 2 amide bonds. The van der Waals surface area contributed by atoms with Crippen LogP contribution in [0.5, 0.6) is 0 Å². The number of imide groups is 1. The van der Waals surface area contributed by atoms with E-state index in [9.17, 15) is 14.4 Å². The van der Waals surface area contributed by atoms with Crippen LogP contribution >= 0.6 is 11.6 Å². The highest BCUT2D eigenvalue weighted by Gasteiger charge is 2.34. The number of benzene rings is 3. The largest absolute Gasteiger partial charge is 0.289 e. The number of hydrogen-bond acceptors (Lipinski definition) is 3. The van der Waals surface area contributed by atoms with E-state index in [1.807, 2.05) is 24.3 Å². The summed E-state index contributed by atoms with van der Waals surface area (Å²) < 4.78 is 0. The number of hydrogen-bond donors (Lipinski definition) is 0. The van der Waals surface area contributed by atoms with Crippen LogP contribution in [0.25, 0.3) is 0 Å². The SMILES string of the molecule is O=C(c1ccccc1)c1cc(Cl)ccc1CCCN1C(=O)c2ccccc2C1=O. The Labute approximate surface area is 173 Å². The molecule has 4 rings (SSSR count). The van der Waals surface area contributed by atoms with Crippen LogP contribution < -0.4 is 0 Å². The van der Waals surface area contributed by atoms with Crippen molar-refractivity contribution in [2.45, 2.75) is 12.8 Å². The first-order valence-corrected chi connectivity index (χ1v) is 9.77. The monoisotopic (exact) mass is 403 g/mol. The molecule has 0 atom stereocenters. The molecular weight excluding hydrogens is 386 g/mol. The average molecular weight is 404 g/mol. The molecule has 0 radical (unpaired) electrons. The number of fused-ring (bicyclic) bond motifs is 1. The highest BCUT2D eigenvalue weighted by molar-refractivity contribution is 6.31. The van der Waals surface area contributed by atoms with E-state index >= 15 is 0 Å². The van der Waals surface area contributed by atoms with Crippen LogP contribution in [0.4, 0.5) is 0 Å². The molecule has 0 unspecified atom stereocenters. The maximum absolute atomic E-state index is 12.9. The van der Waals surface area contributed by atoms with Gasteiger partial charge in [-0.25, -0.2) is 0 Å². The Bertz CT molecular complexity index is 1070. The molecule has 1 aliphatic rings. The fourth-order valence-electron chi connectivity index (χ4n) is 3.59. The highest BCUT2D eigenvalue weighted by Crippen LogP contribution is 2.24. The molecule has 4 nitrogen and oxygen atoms in total. The first-order valence-electron chi connectivity index (χ1n) is 9.39. The lowest BCUT2D eigenvalue weighted by Crippen LogP contribution is -2.31. The molecule has 1 aliphatic heterocycles. The highest BCUT2D eigenvalue weighted by atomic mass is 35.5. The summed E-state index contributed by atoms with van der Waals surface area (Å²) in [5, 5.41) is 0.494. The van der Waals surface area contributed by atoms with E-state index in [1.165, 1.54) is 4.90 Å². The van der Waals surface area contributed by atoms with E-state index in [-0.39, 0.29) is 17.6 Å². The average Bonchev–Trinajstić information content (AvgIpc) is 3.00. The minimum atomic E-state index is -0.262. The first-order chi connectivity index (χ1) is 14.1. The number of rotatable bonds is 6. The van der Waals surface area contributed by atoms with Crippen LogP contribution in [0.2, 0.25) is 5.02 Å². The lowest BCUT2D eigenvalue weighted by molar-refractivity contribution is 0.0652. The summed E-state index contributed by atoms with van der Waals surface area (Å²) in [6.07, 6.45) is 1.11. The fraction of sp³-hybridized carbons (Fsp3) is 0.125. The molecule has 0 aromatic heterocycles. The fourth-order valence-corrected chi connectivity index (χ4v) is 3.77. The molecule has 0 spiro atoms. The Kier molecular flexibility index (Phi) is 5.28. The molecular formula is C24H18ClNO3. The van der Waals surface area contributed by atoms with Gasteiger partial charge in [0, 0.05) is 22.7 Å². The molecule has 5 heteroatoms. The van der Waals surface area contributed by atoms with Crippen LogP contribution in [-0.4, -0.2) is 29.0 Å². The third kappa shape index (κ3) is 3.71. The van der Waals surface area contributed by atoms with Gasteiger partial charge in [0.05, 0.1) is 11.1 Å². The third-order valence-electron chi connectivity index (χ3n) is 5.06. The third-order valence-corrected chi connectivity index (χ3v) is 5.29. The van der Waals surface area contributed by atoms with Gasteiger partial charge in [0.2, 0.25) is 0 Å². The van der Waals surface area contributed by atoms with Crippen molar-refractivity contribution in [2.24, 2.45) is 0 Å². The van der Waals surface area contributed by atoms with Crippen molar-refractivity contribution < 1.29 is 14.4 Å². The van der Waals surface area contributed by atoms with Crippen LogP contribution in [-0.2, 0) is 6.42 Å². The van der Waals surface area contributed by atoms with Gasteiger partial charge >= 0.3 is 0 Å². The minimum absolute atomic E-state index is 0.0937. The second-order valence-corrected chi connectivity index (χ2v) is 7.34. The summed E-state index contributed by atoms with van der Waals surface area (Å²) in [6.45, 7) is 0.300. The van der Waals surface area contributed by atoms with Gasteiger partial charge in [0.1, 0.15) is 0 Å². The number of ketones is 1. The van der Waals surface area contributed by atoms with Gasteiger partial charge in [0.25, 0.3) is 11.8 Å². The summed E-state index contributed by atoms with van der Waals surface area (Å²) in [7, 11) is 0. The Hall–Kier alpha value is -3.24. The van der Waals surface area contributed by atoms with Crippen molar-refractivity contribution >= 4 is 29.2 Å². The predicted molar refractivity (Wildman–Crippen MR) is 111 cm³/mol. The van der Waals surface area contributed by atoms with E-state index in [2.05, 4.69) is 0 Å². The summed E-state index contributed by atoms with van der Waals surface area (Å²) >= 11 is 6.13. The maximum atomic E-state index is 12.9. The van der Waals surface area contributed by atoms with Crippen LogP contribution in [0.1, 0.15) is 48.6 Å². The number of nitrogens with zero attached hydrogens (tertiary/aromatic N) is 1. The zero-order valence-electron chi connectivity index (χ0n) is 15.6. The van der Waals surface area contributed by atoms with Gasteiger partial charge in [-0.15, -0.1) is 0 Å². The second-order valence-electron chi connectivity index (χ2n) is 6.91.